The highest BCUT2D eigenvalue weighted by atomic mass is 19.1. The summed E-state index contributed by atoms with van der Waals surface area (Å²) in [7, 11) is 0. The van der Waals surface area contributed by atoms with Crippen molar-refractivity contribution in [2.45, 2.75) is 12.6 Å². The van der Waals surface area contributed by atoms with E-state index >= 15 is 0 Å². The number of aromatic nitrogens is 2. The lowest BCUT2D eigenvalue weighted by Gasteiger charge is -2.13. The Kier molecular flexibility index (Phi) is 4.48. The summed E-state index contributed by atoms with van der Waals surface area (Å²) in [6.45, 7) is -0.118. The minimum absolute atomic E-state index is 0.118. The zero-order chi connectivity index (χ0) is 17.1. The molecule has 1 aromatic heterocycles. The Morgan fingerprint density at radius 1 is 1.00 bits per heavy atom. The van der Waals surface area contributed by atoms with Crippen molar-refractivity contribution in [3.8, 4) is 11.3 Å². The lowest BCUT2D eigenvalue weighted by molar-refractivity contribution is 0.149. The van der Waals surface area contributed by atoms with Gasteiger partial charge in [-0.2, -0.15) is 5.10 Å². The van der Waals surface area contributed by atoms with E-state index in [9.17, 15) is 18.7 Å². The van der Waals surface area contributed by atoms with Gasteiger partial charge in [0.2, 0.25) is 0 Å². The van der Waals surface area contributed by atoms with Crippen LogP contribution in [0.1, 0.15) is 11.7 Å². The standard InChI is InChI=1S/C18H14F2N2O2/c19-13-7-5-12(6-8-13)17(23)11-22-18(24)10-9-16(21-22)14-3-1-2-4-15(14)20/h1-10,17,23H,11H2. The molecule has 0 radical (unpaired) electrons. The average Bonchev–Trinajstić information content (AvgIpc) is 2.58. The van der Waals surface area contributed by atoms with E-state index in [1.807, 2.05) is 0 Å². The zero-order valence-electron chi connectivity index (χ0n) is 12.6. The monoisotopic (exact) mass is 328 g/mol. The second-order valence-corrected chi connectivity index (χ2v) is 5.29. The van der Waals surface area contributed by atoms with Crippen LogP contribution in [0.3, 0.4) is 0 Å². The molecule has 0 fully saturated rings. The molecular weight excluding hydrogens is 314 g/mol. The third-order valence-corrected chi connectivity index (χ3v) is 3.62. The highest BCUT2D eigenvalue weighted by Gasteiger charge is 2.12. The molecular formula is C18H14F2N2O2. The van der Waals surface area contributed by atoms with Crippen LogP contribution in [-0.4, -0.2) is 14.9 Å². The van der Waals surface area contributed by atoms with Gasteiger partial charge in [0.25, 0.3) is 5.56 Å². The molecule has 4 nitrogen and oxygen atoms in total. The Morgan fingerprint density at radius 3 is 2.42 bits per heavy atom. The van der Waals surface area contributed by atoms with Crippen LogP contribution in [0.2, 0.25) is 0 Å². The Balaban J connectivity index is 1.91. The van der Waals surface area contributed by atoms with Crippen molar-refractivity contribution in [3.63, 3.8) is 0 Å². The molecule has 1 atom stereocenters. The first-order valence-corrected chi connectivity index (χ1v) is 7.31. The average molecular weight is 328 g/mol. The Bertz CT molecular complexity index is 907. The Hall–Kier alpha value is -2.86. The van der Waals surface area contributed by atoms with Crippen LogP contribution in [0, 0.1) is 11.6 Å². The van der Waals surface area contributed by atoms with Gasteiger partial charge in [-0.25, -0.2) is 13.5 Å². The Labute approximate surface area is 136 Å². The maximum absolute atomic E-state index is 13.9. The van der Waals surface area contributed by atoms with Gasteiger partial charge in [-0.15, -0.1) is 0 Å². The fourth-order valence-corrected chi connectivity index (χ4v) is 2.35. The summed E-state index contributed by atoms with van der Waals surface area (Å²) in [5, 5.41) is 14.3. The largest absolute Gasteiger partial charge is 0.386 e. The first-order valence-electron chi connectivity index (χ1n) is 7.31. The van der Waals surface area contributed by atoms with E-state index < -0.39 is 23.3 Å². The number of aliphatic hydroxyl groups is 1. The van der Waals surface area contributed by atoms with E-state index in [-0.39, 0.29) is 12.1 Å². The molecule has 0 saturated carbocycles. The number of benzene rings is 2. The molecule has 0 spiro atoms. The van der Waals surface area contributed by atoms with Crippen LogP contribution in [0.25, 0.3) is 11.3 Å². The van der Waals surface area contributed by atoms with Crippen LogP contribution >= 0.6 is 0 Å². The van der Waals surface area contributed by atoms with E-state index in [2.05, 4.69) is 5.10 Å². The van der Waals surface area contributed by atoms with Crippen LogP contribution < -0.4 is 5.56 Å². The molecule has 3 rings (SSSR count). The van der Waals surface area contributed by atoms with Crippen molar-refractivity contribution in [2.75, 3.05) is 0 Å². The molecule has 1 N–H and O–H groups in total. The summed E-state index contributed by atoms with van der Waals surface area (Å²) in [5.41, 5.74) is 0.596. The van der Waals surface area contributed by atoms with E-state index in [1.165, 1.54) is 42.5 Å². The molecule has 1 heterocycles. The molecule has 6 heteroatoms. The van der Waals surface area contributed by atoms with Gasteiger partial charge in [-0.05, 0) is 35.9 Å². The topological polar surface area (TPSA) is 55.1 Å². The number of rotatable bonds is 4. The SMILES string of the molecule is O=c1ccc(-c2ccccc2F)nn1CC(O)c1ccc(F)cc1. The van der Waals surface area contributed by atoms with Crippen molar-refractivity contribution in [1.82, 2.24) is 9.78 Å². The summed E-state index contributed by atoms with van der Waals surface area (Å²) < 4.78 is 27.9. The van der Waals surface area contributed by atoms with Gasteiger partial charge in [0.05, 0.1) is 18.3 Å². The molecule has 0 aliphatic carbocycles. The predicted molar refractivity (Wildman–Crippen MR) is 85.3 cm³/mol. The van der Waals surface area contributed by atoms with Gasteiger partial charge in [-0.1, -0.05) is 24.3 Å². The molecule has 0 bridgehead atoms. The first kappa shape index (κ1) is 16.0. The fraction of sp³-hybridized carbons (Fsp3) is 0.111. The first-order chi connectivity index (χ1) is 11.5. The van der Waals surface area contributed by atoms with E-state index in [1.54, 1.807) is 18.2 Å². The van der Waals surface area contributed by atoms with Crippen molar-refractivity contribution in [1.29, 1.82) is 0 Å². The second kappa shape index (κ2) is 6.72. The molecule has 0 amide bonds. The highest BCUT2D eigenvalue weighted by molar-refractivity contribution is 5.58. The summed E-state index contributed by atoms with van der Waals surface area (Å²) in [6.07, 6.45) is -1.04. The smallest absolute Gasteiger partial charge is 0.266 e. The van der Waals surface area contributed by atoms with Gasteiger partial charge in [0, 0.05) is 11.6 Å². The Morgan fingerprint density at radius 2 is 1.71 bits per heavy atom. The molecule has 1 unspecified atom stereocenters. The van der Waals surface area contributed by atoms with Crippen molar-refractivity contribution in [3.05, 3.63) is 88.2 Å². The number of hydrogen-bond acceptors (Lipinski definition) is 3. The van der Waals surface area contributed by atoms with Crippen LogP contribution in [0.5, 0.6) is 0 Å². The normalized spacial score (nSPS) is 12.1. The van der Waals surface area contributed by atoms with Gasteiger partial charge >= 0.3 is 0 Å². The quantitative estimate of drug-likeness (QED) is 0.801. The summed E-state index contributed by atoms with van der Waals surface area (Å²) >= 11 is 0. The lowest BCUT2D eigenvalue weighted by Crippen LogP contribution is -2.25. The molecule has 0 aliphatic heterocycles. The number of nitrogens with zero attached hydrogens (tertiary/aromatic N) is 2. The highest BCUT2D eigenvalue weighted by Crippen LogP contribution is 2.20. The van der Waals surface area contributed by atoms with Crippen molar-refractivity contribution in [2.24, 2.45) is 0 Å². The number of hydrogen-bond donors (Lipinski definition) is 1. The van der Waals surface area contributed by atoms with E-state index in [4.69, 9.17) is 0 Å². The van der Waals surface area contributed by atoms with Gasteiger partial charge < -0.3 is 5.11 Å². The minimum atomic E-state index is -1.04. The summed E-state index contributed by atoms with van der Waals surface area (Å²) in [5.74, 6) is -0.864. The molecule has 0 saturated heterocycles. The van der Waals surface area contributed by atoms with E-state index in [0.29, 0.717) is 11.3 Å². The minimum Gasteiger partial charge on any atom is -0.386 e. The maximum atomic E-state index is 13.9. The molecule has 2 aromatic carbocycles. The fourth-order valence-electron chi connectivity index (χ4n) is 2.35. The zero-order valence-corrected chi connectivity index (χ0v) is 12.6. The predicted octanol–water partition coefficient (Wildman–Crippen LogP) is 2.92. The second-order valence-electron chi connectivity index (χ2n) is 5.29. The molecule has 122 valence electrons. The maximum Gasteiger partial charge on any atom is 0.266 e. The summed E-state index contributed by atoms with van der Waals surface area (Å²) in [4.78, 5) is 11.9. The van der Waals surface area contributed by atoms with Gasteiger partial charge in [0.15, 0.2) is 0 Å². The molecule has 24 heavy (non-hydrogen) atoms. The summed E-state index contributed by atoms with van der Waals surface area (Å²) in [6, 6.07) is 14.1. The molecule has 0 aliphatic rings. The van der Waals surface area contributed by atoms with Crippen LogP contribution in [0.4, 0.5) is 8.78 Å². The van der Waals surface area contributed by atoms with Crippen molar-refractivity contribution >= 4 is 0 Å². The lowest BCUT2D eigenvalue weighted by atomic mass is 10.1. The number of aliphatic hydroxyl groups excluding tert-OH is 1. The molecule has 3 aromatic rings. The number of halogens is 2. The van der Waals surface area contributed by atoms with Crippen LogP contribution in [0.15, 0.2) is 65.5 Å². The van der Waals surface area contributed by atoms with Crippen molar-refractivity contribution < 1.29 is 13.9 Å². The van der Waals surface area contributed by atoms with Gasteiger partial charge in [0.1, 0.15) is 11.6 Å². The van der Waals surface area contributed by atoms with E-state index in [0.717, 1.165) is 4.68 Å². The van der Waals surface area contributed by atoms with Gasteiger partial charge in [-0.3, -0.25) is 4.79 Å². The third-order valence-electron chi connectivity index (χ3n) is 3.62. The van der Waals surface area contributed by atoms with Crippen LogP contribution in [-0.2, 0) is 6.54 Å². The third kappa shape index (κ3) is 3.38.